The quantitative estimate of drug-likeness (QED) is 0.752. The molecule has 0 bridgehead atoms. The number of carbonyl (C=O) groups excluding carboxylic acids is 1. The molecule has 2 aliphatic carbocycles. The SMILES string of the molecule is O=C(OC1CCCCC1)C1c2ccccc2-c2ccccc21. The van der Waals surface area contributed by atoms with Crippen LogP contribution in [-0.2, 0) is 9.53 Å². The number of fused-ring (bicyclic) bond motifs is 3. The summed E-state index contributed by atoms with van der Waals surface area (Å²) >= 11 is 0. The van der Waals surface area contributed by atoms with Gasteiger partial charge in [0, 0.05) is 0 Å². The maximum absolute atomic E-state index is 12.8. The van der Waals surface area contributed by atoms with Crippen LogP contribution in [0.25, 0.3) is 11.1 Å². The van der Waals surface area contributed by atoms with Crippen LogP contribution in [-0.4, -0.2) is 12.1 Å². The Hall–Kier alpha value is -2.09. The topological polar surface area (TPSA) is 26.3 Å². The summed E-state index contributed by atoms with van der Waals surface area (Å²) in [5, 5.41) is 0. The van der Waals surface area contributed by atoms with Crippen molar-refractivity contribution in [3.05, 3.63) is 59.7 Å². The first-order valence-corrected chi connectivity index (χ1v) is 8.23. The number of carbonyl (C=O) groups is 1. The predicted molar refractivity (Wildman–Crippen MR) is 86.7 cm³/mol. The summed E-state index contributed by atoms with van der Waals surface area (Å²) in [5.74, 6) is -0.335. The third kappa shape index (κ3) is 2.23. The second-order valence-electron chi connectivity index (χ2n) is 6.30. The summed E-state index contributed by atoms with van der Waals surface area (Å²) in [6, 6.07) is 16.4. The molecule has 0 radical (unpaired) electrons. The van der Waals surface area contributed by atoms with Crippen LogP contribution in [0.4, 0.5) is 0 Å². The molecule has 2 aliphatic rings. The Morgan fingerprint density at radius 1 is 0.818 bits per heavy atom. The minimum absolute atomic E-state index is 0.0794. The molecule has 112 valence electrons. The number of benzene rings is 2. The zero-order valence-corrected chi connectivity index (χ0v) is 12.6. The average molecular weight is 292 g/mol. The normalized spacial score (nSPS) is 17.8. The molecule has 0 amide bonds. The number of hydrogen-bond donors (Lipinski definition) is 0. The highest BCUT2D eigenvalue weighted by molar-refractivity contribution is 5.93. The van der Waals surface area contributed by atoms with Crippen LogP contribution in [0.1, 0.15) is 49.1 Å². The second kappa shape index (κ2) is 5.60. The van der Waals surface area contributed by atoms with E-state index in [2.05, 4.69) is 24.3 Å². The summed E-state index contributed by atoms with van der Waals surface area (Å²) in [4.78, 5) is 12.8. The molecule has 0 N–H and O–H groups in total. The smallest absolute Gasteiger partial charge is 0.318 e. The van der Waals surface area contributed by atoms with E-state index in [4.69, 9.17) is 4.74 Å². The van der Waals surface area contributed by atoms with Gasteiger partial charge in [-0.3, -0.25) is 4.79 Å². The molecule has 0 heterocycles. The maximum Gasteiger partial charge on any atom is 0.318 e. The molecule has 0 saturated heterocycles. The van der Waals surface area contributed by atoms with Crippen LogP contribution in [0.5, 0.6) is 0 Å². The Bertz CT molecular complexity index is 653. The van der Waals surface area contributed by atoms with Gasteiger partial charge in [0.2, 0.25) is 0 Å². The Labute approximate surface area is 131 Å². The van der Waals surface area contributed by atoms with Gasteiger partial charge in [0.25, 0.3) is 0 Å². The molecule has 22 heavy (non-hydrogen) atoms. The lowest BCUT2D eigenvalue weighted by atomic mass is 9.95. The van der Waals surface area contributed by atoms with Gasteiger partial charge in [-0.05, 0) is 47.9 Å². The van der Waals surface area contributed by atoms with Crippen molar-refractivity contribution >= 4 is 5.97 Å². The third-order valence-electron chi connectivity index (χ3n) is 4.90. The summed E-state index contributed by atoms with van der Waals surface area (Å²) in [6.07, 6.45) is 5.76. The number of esters is 1. The van der Waals surface area contributed by atoms with Crippen molar-refractivity contribution in [1.29, 1.82) is 0 Å². The Balaban J connectivity index is 1.67. The molecule has 4 rings (SSSR count). The summed E-state index contributed by atoms with van der Waals surface area (Å²) < 4.78 is 5.85. The lowest BCUT2D eigenvalue weighted by Crippen LogP contribution is -2.24. The minimum atomic E-state index is -0.255. The molecule has 1 saturated carbocycles. The fourth-order valence-corrected chi connectivity index (χ4v) is 3.82. The summed E-state index contributed by atoms with van der Waals surface area (Å²) in [6.45, 7) is 0. The first-order chi connectivity index (χ1) is 10.8. The highest BCUT2D eigenvalue weighted by Crippen LogP contribution is 2.45. The van der Waals surface area contributed by atoms with Gasteiger partial charge in [-0.15, -0.1) is 0 Å². The van der Waals surface area contributed by atoms with Gasteiger partial charge in [0.1, 0.15) is 12.0 Å². The molecule has 0 unspecified atom stereocenters. The van der Waals surface area contributed by atoms with Gasteiger partial charge in [-0.2, -0.15) is 0 Å². The van der Waals surface area contributed by atoms with E-state index in [0.717, 1.165) is 24.0 Å². The molecule has 2 nitrogen and oxygen atoms in total. The van der Waals surface area contributed by atoms with E-state index < -0.39 is 0 Å². The van der Waals surface area contributed by atoms with Gasteiger partial charge in [0.15, 0.2) is 0 Å². The highest BCUT2D eigenvalue weighted by Gasteiger charge is 2.35. The fourth-order valence-electron chi connectivity index (χ4n) is 3.82. The standard InChI is InChI=1S/C20H20O2/c21-20(22-14-8-2-1-3-9-14)19-17-12-6-4-10-15(17)16-11-5-7-13-18(16)19/h4-7,10-14,19H,1-3,8-9H2. The van der Waals surface area contributed by atoms with Crippen LogP contribution >= 0.6 is 0 Å². The predicted octanol–water partition coefficient (Wildman–Crippen LogP) is 4.67. The minimum Gasteiger partial charge on any atom is -0.462 e. The van der Waals surface area contributed by atoms with Gasteiger partial charge >= 0.3 is 5.97 Å². The van der Waals surface area contributed by atoms with E-state index in [0.29, 0.717) is 0 Å². The van der Waals surface area contributed by atoms with Crippen molar-refractivity contribution in [1.82, 2.24) is 0 Å². The molecule has 0 aliphatic heterocycles. The zero-order chi connectivity index (χ0) is 14.9. The van der Waals surface area contributed by atoms with E-state index in [-0.39, 0.29) is 18.0 Å². The van der Waals surface area contributed by atoms with Gasteiger partial charge in [-0.1, -0.05) is 55.0 Å². The molecule has 2 heteroatoms. The van der Waals surface area contributed by atoms with Crippen molar-refractivity contribution in [3.8, 4) is 11.1 Å². The maximum atomic E-state index is 12.8. The molecule has 0 aromatic heterocycles. The van der Waals surface area contributed by atoms with E-state index >= 15 is 0 Å². The van der Waals surface area contributed by atoms with Crippen LogP contribution < -0.4 is 0 Å². The first-order valence-electron chi connectivity index (χ1n) is 8.23. The van der Waals surface area contributed by atoms with E-state index in [1.165, 1.54) is 30.4 Å². The van der Waals surface area contributed by atoms with Crippen molar-refractivity contribution in [3.63, 3.8) is 0 Å². The monoisotopic (exact) mass is 292 g/mol. The summed E-state index contributed by atoms with van der Waals surface area (Å²) in [7, 11) is 0. The largest absolute Gasteiger partial charge is 0.462 e. The molecule has 0 spiro atoms. The number of ether oxygens (including phenoxy) is 1. The van der Waals surface area contributed by atoms with Crippen LogP contribution in [0.15, 0.2) is 48.5 Å². The van der Waals surface area contributed by atoms with E-state index in [9.17, 15) is 4.79 Å². The zero-order valence-electron chi connectivity index (χ0n) is 12.6. The van der Waals surface area contributed by atoms with E-state index in [1.54, 1.807) is 0 Å². The summed E-state index contributed by atoms with van der Waals surface area (Å²) in [5.41, 5.74) is 4.52. The van der Waals surface area contributed by atoms with Crippen LogP contribution in [0.3, 0.4) is 0 Å². The molecule has 2 aromatic carbocycles. The fraction of sp³-hybridized carbons (Fsp3) is 0.350. The molecule has 1 fully saturated rings. The number of rotatable bonds is 2. The molecule has 0 atom stereocenters. The van der Waals surface area contributed by atoms with Crippen molar-refractivity contribution < 1.29 is 9.53 Å². The lowest BCUT2D eigenvalue weighted by molar-refractivity contribution is -0.151. The highest BCUT2D eigenvalue weighted by atomic mass is 16.5. The molecular formula is C20H20O2. The lowest BCUT2D eigenvalue weighted by Gasteiger charge is -2.24. The second-order valence-corrected chi connectivity index (χ2v) is 6.30. The van der Waals surface area contributed by atoms with Crippen molar-refractivity contribution in [2.45, 2.75) is 44.1 Å². The third-order valence-corrected chi connectivity index (χ3v) is 4.90. The van der Waals surface area contributed by atoms with Gasteiger partial charge < -0.3 is 4.74 Å². The van der Waals surface area contributed by atoms with Crippen molar-refractivity contribution in [2.24, 2.45) is 0 Å². The Kier molecular flexibility index (Phi) is 3.45. The molecular weight excluding hydrogens is 272 g/mol. The van der Waals surface area contributed by atoms with Crippen LogP contribution in [0.2, 0.25) is 0 Å². The first kappa shape index (κ1) is 13.6. The van der Waals surface area contributed by atoms with Gasteiger partial charge in [0.05, 0.1) is 0 Å². The van der Waals surface area contributed by atoms with Gasteiger partial charge in [-0.25, -0.2) is 0 Å². The van der Waals surface area contributed by atoms with E-state index in [1.807, 2.05) is 24.3 Å². The van der Waals surface area contributed by atoms with Crippen LogP contribution in [0, 0.1) is 0 Å². The Morgan fingerprint density at radius 2 is 1.36 bits per heavy atom. The average Bonchev–Trinajstić information content (AvgIpc) is 2.90. The molecule has 2 aromatic rings. The Morgan fingerprint density at radius 3 is 1.95 bits per heavy atom. The van der Waals surface area contributed by atoms with Crippen molar-refractivity contribution in [2.75, 3.05) is 0 Å². The number of hydrogen-bond acceptors (Lipinski definition) is 2.